The molecule has 0 aromatic heterocycles. The molecule has 2 nitrogen and oxygen atoms in total. The average Bonchev–Trinajstić information content (AvgIpc) is 2.31. The molecule has 1 aromatic rings. The minimum atomic E-state index is 0.289. The molecular formula is C15H23BrN2. The molecule has 0 radical (unpaired) electrons. The summed E-state index contributed by atoms with van der Waals surface area (Å²) in [5.74, 6) is 0.961. The van der Waals surface area contributed by atoms with Gasteiger partial charge in [0.2, 0.25) is 0 Å². The lowest BCUT2D eigenvalue weighted by molar-refractivity contribution is 0.288. The van der Waals surface area contributed by atoms with Crippen molar-refractivity contribution < 1.29 is 0 Å². The zero-order chi connectivity index (χ0) is 13.0. The van der Waals surface area contributed by atoms with E-state index in [1.165, 1.54) is 36.8 Å². The molecule has 1 fully saturated rings. The van der Waals surface area contributed by atoms with Crippen LogP contribution in [0.5, 0.6) is 0 Å². The Balaban J connectivity index is 1.87. The Bertz CT molecular complexity index is 388. The fraction of sp³-hybridized carbons (Fsp3) is 0.600. The van der Waals surface area contributed by atoms with E-state index in [4.69, 9.17) is 5.73 Å². The van der Waals surface area contributed by atoms with Gasteiger partial charge in [0.15, 0.2) is 0 Å². The number of benzene rings is 1. The maximum absolute atomic E-state index is 5.88. The van der Waals surface area contributed by atoms with Crippen LogP contribution in [0.4, 0.5) is 0 Å². The summed E-state index contributed by atoms with van der Waals surface area (Å²) in [5.41, 5.74) is 8.45. The molecule has 1 aromatic carbocycles. The highest BCUT2D eigenvalue weighted by Crippen LogP contribution is 2.29. The molecule has 1 atom stereocenters. The summed E-state index contributed by atoms with van der Waals surface area (Å²) < 4.78 is 1.16. The summed E-state index contributed by atoms with van der Waals surface area (Å²) in [6.45, 7) is 3.86. The van der Waals surface area contributed by atoms with Crippen molar-refractivity contribution in [2.75, 3.05) is 13.1 Å². The van der Waals surface area contributed by atoms with Gasteiger partial charge in [-0.1, -0.05) is 47.3 Å². The van der Waals surface area contributed by atoms with Crippen LogP contribution in [0.1, 0.15) is 42.9 Å². The Kier molecular flexibility index (Phi) is 5.22. The van der Waals surface area contributed by atoms with Gasteiger partial charge >= 0.3 is 0 Å². The highest BCUT2D eigenvalue weighted by molar-refractivity contribution is 9.10. The number of nitrogens with two attached hydrogens (primary N) is 1. The maximum atomic E-state index is 5.88. The highest BCUT2D eigenvalue weighted by atomic mass is 79.9. The minimum Gasteiger partial charge on any atom is -0.329 e. The predicted molar refractivity (Wildman–Crippen MR) is 80.6 cm³/mol. The van der Waals surface area contributed by atoms with Crippen molar-refractivity contribution in [3.05, 3.63) is 33.8 Å². The van der Waals surface area contributed by atoms with Gasteiger partial charge in [-0.05, 0) is 43.0 Å². The van der Waals surface area contributed by atoms with Gasteiger partial charge in [-0.15, -0.1) is 0 Å². The number of hydrogen-bond donors (Lipinski definition) is 2. The zero-order valence-corrected chi connectivity index (χ0v) is 12.7. The largest absolute Gasteiger partial charge is 0.329 e. The lowest BCUT2D eigenvalue weighted by Gasteiger charge is -2.26. The zero-order valence-electron chi connectivity index (χ0n) is 11.1. The van der Waals surface area contributed by atoms with E-state index in [9.17, 15) is 0 Å². The summed E-state index contributed by atoms with van der Waals surface area (Å²) in [7, 11) is 0. The number of hydrogen-bond acceptors (Lipinski definition) is 2. The fourth-order valence-corrected chi connectivity index (χ4v) is 2.71. The van der Waals surface area contributed by atoms with Crippen LogP contribution in [-0.4, -0.2) is 13.1 Å². The van der Waals surface area contributed by atoms with E-state index < -0.39 is 0 Å². The monoisotopic (exact) mass is 310 g/mol. The molecule has 100 valence electrons. The number of aryl methyl sites for hydroxylation is 1. The lowest BCUT2D eigenvalue weighted by Crippen LogP contribution is -2.30. The van der Waals surface area contributed by atoms with E-state index in [2.05, 4.69) is 46.4 Å². The van der Waals surface area contributed by atoms with Gasteiger partial charge in [0.25, 0.3) is 0 Å². The Labute approximate surface area is 118 Å². The summed E-state index contributed by atoms with van der Waals surface area (Å²) in [5, 5.41) is 3.59. The summed E-state index contributed by atoms with van der Waals surface area (Å²) in [4.78, 5) is 0. The van der Waals surface area contributed by atoms with Crippen molar-refractivity contribution in [1.29, 1.82) is 0 Å². The summed E-state index contributed by atoms with van der Waals surface area (Å²) in [6, 6.07) is 6.78. The van der Waals surface area contributed by atoms with E-state index in [0.717, 1.165) is 16.9 Å². The first-order valence-electron chi connectivity index (χ1n) is 6.90. The Morgan fingerprint density at radius 2 is 2.22 bits per heavy atom. The molecule has 18 heavy (non-hydrogen) atoms. The van der Waals surface area contributed by atoms with Crippen LogP contribution in [0.3, 0.4) is 0 Å². The number of halogens is 1. The van der Waals surface area contributed by atoms with Gasteiger partial charge in [0.1, 0.15) is 0 Å². The predicted octanol–water partition coefficient (Wildman–Crippen LogP) is 3.54. The fourth-order valence-electron chi connectivity index (χ4n) is 2.47. The van der Waals surface area contributed by atoms with Crippen LogP contribution in [0.25, 0.3) is 0 Å². The molecule has 1 aliphatic rings. The van der Waals surface area contributed by atoms with Gasteiger partial charge in [-0.2, -0.15) is 0 Å². The van der Waals surface area contributed by atoms with Gasteiger partial charge < -0.3 is 11.1 Å². The van der Waals surface area contributed by atoms with Crippen LogP contribution in [0.2, 0.25) is 0 Å². The first-order valence-corrected chi connectivity index (χ1v) is 7.69. The van der Waals surface area contributed by atoms with Crippen molar-refractivity contribution in [3.8, 4) is 0 Å². The second-order valence-corrected chi connectivity index (χ2v) is 6.19. The van der Waals surface area contributed by atoms with Gasteiger partial charge in [-0.3, -0.25) is 0 Å². The molecule has 1 aliphatic carbocycles. The summed E-state index contributed by atoms with van der Waals surface area (Å²) in [6.07, 6.45) is 5.57. The number of nitrogens with one attached hydrogen (secondary N) is 1. The Hall–Kier alpha value is -0.380. The first kappa shape index (κ1) is 14.0. The molecule has 0 saturated heterocycles. The quantitative estimate of drug-likeness (QED) is 0.843. The van der Waals surface area contributed by atoms with Crippen molar-refractivity contribution >= 4 is 15.9 Å². The van der Waals surface area contributed by atoms with E-state index >= 15 is 0 Å². The normalized spacial score (nSPS) is 17.5. The molecule has 0 heterocycles. The highest BCUT2D eigenvalue weighted by Gasteiger charge is 2.17. The third-order valence-electron chi connectivity index (χ3n) is 3.99. The van der Waals surface area contributed by atoms with Crippen molar-refractivity contribution in [3.63, 3.8) is 0 Å². The Morgan fingerprint density at radius 1 is 1.44 bits per heavy atom. The topological polar surface area (TPSA) is 38.0 Å². The third kappa shape index (κ3) is 3.56. The van der Waals surface area contributed by atoms with E-state index in [1.807, 2.05) is 0 Å². The summed E-state index contributed by atoms with van der Waals surface area (Å²) >= 11 is 3.54. The minimum absolute atomic E-state index is 0.289. The van der Waals surface area contributed by atoms with Crippen LogP contribution < -0.4 is 11.1 Å². The molecule has 0 aliphatic heterocycles. The SMILES string of the molecule is Cc1cc(C(CN)NCCC2CCC2)ccc1Br. The van der Waals surface area contributed by atoms with Crippen molar-refractivity contribution in [2.24, 2.45) is 11.7 Å². The lowest BCUT2D eigenvalue weighted by atomic mass is 9.83. The molecule has 3 heteroatoms. The maximum Gasteiger partial charge on any atom is 0.0444 e. The second kappa shape index (κ2) is 6.69. The molecule has 0 spiro atoms. The third-order valence-corrected chi connectivity index (χ3v) is 4.88. The molecular weight excluding hydrogens is 288 g/mol. The van der Waals surface area contributed by atoms with Crippen LogP contribution in [0.15, 0.2) is 22.7 Å². The van der Waals surface area contributed by atoms with Crippen LogP contribution in [0, 0.1) is 12.8 Å². The smallest absolute Gasteiger partial charge is 0.0444 e. The van der Waals surface area contributed by atoms with Crippen LogP contribution >= 0.6 is 15.9 Å². The molecule has 3 N–H and O–H groups in total. The van der Waals surface area contributed by atoms with Gasteiger partial charge in [-0.25, -0.2) is 0 Å². The standard InChI is InChI=1S/C15H23BrN2/c1-11-9-13(5-6-14(11)16)15(10-17)18-8-7-12-3-2-4-12/h5-6,9,12,15,18H,2-4,7-8,10,17H2,1H3. The second-order valence-electron chi connectivity index (χ2n) is 5.34. The average molecular weight is 311 g/mol. The van der Waals surface area contributed by atoms with Crippen molar-refractivity contribution in [2.45, 2.75) is 38.6 Å². The van der Waals surface area contributed by atoms with Gasteiger partial charge in [0, 0.05) is 17.1 Å². The molecule has 1 unspecified atom stereocenters. The molecule has 2 rings (SSSR count). The molecule has 0 amide bonds. The van der Waals surface area contributed by atoms with Gasteiger partial charge in [0.05, 0.1) is 0 Å². The van der Waals surface area contributed by atoms with E-state index in [1.54, 1.807) is 0 Å². The first-order chi connectivity index (χ1) is 8.70. The van der Waals surface area contributed by atoms with E-state index in [-0.39, 0.29) is 6.04 Å². The molecule has 1 saturated carbocycles. The molecule has 0 bridgehead atoms. The van der Waals surface area contributed by atoms with Crippen LogP contribution in [-0.2, 0) is 0 Å². The number of rotatable bonds is 6. The Morgan fingerprint density at radius 3 is 2.78 bits per heavy atom. The van der Waals surface area contributed by atoms with Crippen molar-refractivity contribution in [1.82, 2.24) is 5.32 Å². The van der Waals surface area contributed by atoms with E-state index in [0.29, 0.717) is 6.54 Å².